The highest BCUT2D eigenvalue weighted by Crippen LogP contribution is 2.43. The minimum Gasteiger partial charge on any atom is -0.465 e. The Morgan fingerprint density at radius 1 is 1.32 bits per heavy atom. The third-order valence-corrected chi connectivity index (χ3v) is 4.11. The van der Waals surface area contributed by atoms with E-state index in [9.17, 15) is 4.79 Å². The summed E-state index contributed by atoms with van der Waals surface area (Å²) >= 11 is 0. The van der Waals surface area contributed by atoms with Gasteiger partial charge >= 0.3 is 5.97 Å². The van der Waals surface area contributed by atoms with Gasteiger partial charge in [-0.2, -0.15) is 0 Å². The molecule has 3 aliphatic rings. The van der Waals surface area contributed by atoms with Gasteiger partial charge in [0.25, 0.3) is 0 Å². The van der Waals surface area contributed by atoms with E-state index in [0.29, 0.717) is 38.4 Å². The third kappa shape index (κ3) is 2.93. The molecule has 2 saturated carbocycles. The summed E-state index contributed by atoms with van der Waals surface area (Å²) < 4.78 is 16.3. The number of hydrogen-bond donors (Lipinski definition) is 1. The molecule has 2 aliphatic carbocycles. The Bertz CT molecular complexity index is 336. The van der Waals surface area contributed by atoms with E-state index in [1.807, 2.05) is 6.92 Å². The van der Waals surface area contributed by atoms with Crippen LogP contribution in [-0.2, 0) is 19.0 Å². The molecule has 1 N–H and O–H groups in total. The van der Waals surface area contributed by atoms with Gasteiger partial charge in [-0.1, -0.05) is 0 Å². The summed E-state index contributed by atoms with van der Waals surface area (Å²) in [6.45, 7) is 3.99. The smallest absolute Gasteiger partial charge is 0.329 e. The maximum Gasteiger partial charge on any atom is 0.329 e. The molecule has 1 unspecified atom stereocenters. The van der Waals surface area contributed by atoms with Gasteiger partial charge in [0.1, 0.15) is 11.6 Å². The first-order valence-corrected chi connectivity index (χ1v) is 7.39. The molecule has 5 heteroatoms. The Labute approximate surface area is 114 Å². The molecule has 0 aromatic rings. The van der Waals surface area contributed by atoms with E-state index >= 15 is 0 Å². The summed E-state index contributed by atoms with van der Waals surface area (Å²) in [6, 6.07) is 0.464. The van der Waals surface area contributed by atoms with Crippen molar-refractivity contribution < 1.29 is 19.0 Å². The quantitative estimate of drug-likeness (QED) is 0.663. The Kier molecular flexibility index (Phi) is 3.78. The lowest BCUT2D eigenvalue weighted by molar-refractivity contribution is -0.168. The molecule has 0 bridgehead atoms. The zero-order valence-electron chi connectivity index (χ0n) is 11.5. The van der Waals surface area contributed by atoms with Crippen LogP contribution in [0, 0.1) is 5.92 Å². The zero-order chi connectivity index (χ0) is 13.3. The number of carbonyl (C=O) groups excluding carboxylic acids is 1. The second kappa shape index (κ2) is 5.38. The summed E-state index contributed by atoms with van der Waals surface area (Å²) in [4.78, 5) is 12.4. The average Bonchev–Trinajstić information content (AvgIpc) is 3.19. The first-order chi connectivity index (χ1) is 9.24. The van der Waals surface area contributed by atoms with Gasteiger partial charge in [0.15, 0.2) is 0 Å². The van der Waals surface area contributed by atoms with Crippen LogP contribution < -0.4 is 5.32 Å². The number of ether oxygens (including phenoxy) is 3. The molecule has 0 aromatic heterocycles. The largest absolute Gasteiger partial charge is 0.465 e. The van der Waals surface area contributed by atoms with Gasteiger partial charge in [-0.05, 0) is 38.5 Å². The van der Waals surface area contributed by atoms with E-state index in [1.54, 1.807) is 0 Å². The van der Waals surface area contributed by atoms with Crippen molar-refractivity contribution in [1.82, 2.24) is 5.32 Å². The Morgan fingerprint density at radius 2 is 2.05 bits per heavy atom. The predicted octanol–water partition coefficient (Wildman–Crippen LogP) is 0.866. The number of esters is 1. The molecular weight excluding hydrogens is 246 g/mol. The van der Waals surface area contributed by atoms with Crippen LogP contribution in [0.2, 0.25) is 0 Å². The molecule has 19 heavy (non-hydrogen) atoms. The van der Waals surface area contributed by atoms with Crippen molar-refractivity contribution in [2.24, 2.45) is 5.92 Å². The van der Waals surface area contributed by atoms with Gasteiger partial charge in [-0.3, -0.25) is 5.32 Å². The highest BCUT2D eigenvalue weighted by Gasteiger charge is 2.54. The Balaban J connectivity index is 1.67. The molecule has 1 saturated heterocycles. The average molecular weight is 269 g/mol. The second-order valence-electron chi connectivity index (χ2n) is 5.86. The Morgan fingerprint density at radius 3 is 2.53 bits per heavy atom. The maximum absolute atomic E-state index is 12.4. The van der Waals surface area contributed by atoms with Crippen molar-refractivity contribution in [3.8, 4) is 0 Å². The molecule has 0 radical (unpaired) electrons. The van der Waals surface area contributed by atoms with Gasteiger partial charge in [0.2, 0.25) is 0 Å². The normalized spacial score (nSPS) is 26.6. The third-order valence-electron chi connectivity index (χ3n) is 4.11. The van der Waals surface area contributed by atoms with E-state index in [2.05, 4.69) is 5.32 Å². The number of hydrogen-bond acceptors (Lipinski definition) is 5. The van der Waals surface area contributed by atoms with Crippen molar-refractivity contribution in [3.63, 3.8) is 0 Å². The molecule has 1 atom stereocenters. The van der Waals surface area contributed by atoms with Gasteiger partial charge in [-0.15, -0.1) is 0 Å². The summed E-state index contributed by atoms with van der Waals surface area (Å²) in [5.41, 5.74) is -0.618. The lowest BCUT2D eigenvalue weighted by atomic mass is 9.93. The molecule has 3 rings (SSSR count). The first-order valence-electron chi connectivity index (χ1n) is 7.39. The standard InChI is InChI=1S/C14H23NO4/c1-2-18-13(16)14(10-3-4-10,15-11-5-6-11)9-19-12-7-17-8-12/h10-12,15H,2-9H2,1H3. The fourth-order valence-electron chi connectivity index (χ4n) is 2.55. The summed E-state index contributed by atoms with van der Waals surface area (Å²) in [5.74, 6) is 0.234. The lowest BCUT2D eigenvalue weighted by Gasteiger charge is -2.36. The molecule has 3 fully saturated rings. The van der Waals surface area contributed by atoms with Crippen LogP contribution in [0.15, 0.2) is 0 Å². The van der Waals surface area contributed by atoms with E-state index in [-0.39, 0.29) is 12.1 Å². The maximum atomic E-state index is 12.4. The van der Waals surface area contributed by atoms with Crippen molar-refractivity contribution in [2.75, 3.05) is 26.4 Å². The molecule has 5 nitrogen and oxygen atoms in total. The van der Waals surface area contributed by atoms with Gasteiger partial charge < -0.3 is 14.2 Å². The number of nitrogens with one attached hydrogen (secondary N) is 1. The molecule has 0 amide bonds. The fraction of sp³-hybridized carbons (Fsp3) is 0.929. The van der Waals surface area contributed by atoms with Crippen molar-refractivity contribution in [1.29, 1.82) is 0 Å². The van der Waals surface area contributed by atoms with Crippen LogP contribution in [-0.4, -0.2) is 50.1 Å². The molecule has 0 aromatic carbocycles. The predicted molar refractivity (Wildman–Crippen MR) is 68.8 cm³/mol. The van der Waals surface area contributed by atoms with Gasteiger partial charge in [0.05, 0.1) is 26.4 Å². The van der Waals surface area contributed by atoms with Gasteiger partial charge in [-0.25, -0.2) is 4.79 Å². The lowest BCUT2D eigenvalue weighted by Crippen LogP contribution is -2.60. The molecule has 0 spiro atoms. The summed E-state index contributed by atoms with van der Waals surface area (Å²) in [5, 5.41) is 3.51. The van der Waals surface area contributed by atoms with Crippen molar-refractivity contribution in [3.05, 3.63) is 0 Å². The van der Waals surface area contributed by atoms with Crippen LogP contribution in [0.1, 0.15) is 32.6 Å². The topological polar surface area (TPSA) is 56.8 Å². The van der Waals surface area contributed by atoms with E-state index < -0.39 is 5.54 Å². The second-order valence-corrected chi connectivity index (χ2v) is 5.86. The summed E-state index contributed by atoms with van der Waals surface area (Å²) in [6.07, 6.45) is 4.63. The fourth-order valence-corrected chi connectivity index (χ4v) is 2.55. The SMILES string of the molecule is CCOC(=O)C(COC1COC1)(NC1CC1)C1CC1. The van der Waals surface area contributed by atoms with Crippen molar-refractivity contribution in [2.45, 2.75) is 50.3 Å². The molecule has 1 aliphatic heterocycles. The van der Waals surface area contributed by atoms with Crippen LogP contribution >= 0.6 is 0 Å². The first kappa shape index (κ1) is 13.3. The van der Waals surface area contributed by atoms with Crippen LogP contribution in [0.5, 0.6) is 0 Å². The number of carbonyl (C=O) groups is 1. The number of rotatable bonds is 8. The Hall–Kier alpha value is -0.650. The van der Waals surface area contributed by atoms with Crippen molar-refractivity contribution >= 4 is 5.97 Å². The van der Waals surface area contributed by atoms with Crippen LogP contribution in [0.4, 0.5) is 0 Å². The summed E-state index contributed by atoms with van der Waals surface area (Å²) in [7, 11) is 0. The van der Waals surface area contributed by atoms with E-state index in [0.717, 1.165) is 25.7 Å². The molecular formula is C14H23NO4. The van der Waals surface area contributed by atoms with Gasteiger partial charge in [0, 0.05) is 6.04 Å². The highest BCUT2D eigenvalue weighted by molar-refractivity contribution is 5.82. The minimum absolute atomic E-state index is 0.135. The zero-order valence-corrected chi connectivity index (χ0v) is 11.5. The minimum atomic E-state index is -0.618. The van der Waals surface area contributed by atoms with Crippen LogP contribution in [0.3, 0.4) is 0 Å². The monoisotopic (exact) mass is 269 g/mol. The molecule has 108 valence electrons. The van der Waals surface area contributed by atoms with E-state index in [4.69, 9.17) is 14.2 Å². The highest BCUT2D eigenvalue weighted by atomic mass is 16.6. The van der Waals surface area contributed by atoms with Crippen LogP contribution in [0.25, 0.3) is 0 Å². The van der Waals surface area contributed by atoms with E-state index in [1.165, 1.54) is 0 Å². The molecule has 1 heterocycles.